The molecule has 0 saturated heterocycles. The first-order chi connectivity index (χ1) is 5.26. The minimum absolute atomic E-state index is 0.609. The minimum atomic E-state index is 0.609. The van der Waals surface area contributed by atoms with Crippen molar-refractivity contribution in [2.24, 2.45) is 5.73 Å². The average Bonchev–Trinajstić information content (AvgIpc) is 2.03. The van der Waals surface area contributed by atoms with Crippen LogP contribution in [0.15, 0.2) is 18.2 Å². The van der Waals surface area contributed by atoms with Crippen LogP contribution in [0.5, 0.6) is 0 Å². The summed E-state index contributed by atoms with van der Waals surface area (Å²) in [5.41, 5.74) is 7.93. The summed E-state index contributed by atoms with van der Waals surface area (Å²) < 4.78 is 1.23. The molecule has 0 unspecified atom stereocenters. The Balaban J connectivity index is 3.02. The molecule has 0 spiro atoms. The Labute approximate surface area is 85.9 Å². The second-order valence-electron chi connectivity index (χ2n) is 2.33. The van der Waals surface area contributed by atoms with Gasteiger partial charge in [-0.2, -0.15) is 12.6 Å². The van der Waals surface area contributed by atoms with Crippen molar-refractivity contribution in [2.75, 3.05) is 0 Å². The fourth-order valence-corrected chi connectivity index (χ4v) is 1.91. The highest BCUT2D eigenvalue weighted by Crippen LogP contribution is 2.13. The zero-order valence-electron chi connectivity index (χ0n) is 6.05. The predicted molar refractivity (Wildman–Crippen MR) is 59.7 cm³/mol. The zero-order chi connectivity index (χ0) is 8.27. The quantitative estimate of drug-likeness (QED) is 0.630. The molecule has 1 aromatic rings. The van der Waals surface area contributed by atoms with E-state index in [4.69, 9.17) is 5.73 Å². The van der Waals surface area contributed by atoms with Gasteiger partial charge < -0.3 is 5.73 Å². The highest BCUT2D eigenvalue weighted by atomic mass is 127. The number of hydrogen-bond acceptors (Lipinski definition) is 2. The van der Waals surface area contributed by atoms with E-state index in [0.717, 1.165) is 5.75 Å². The van der Waals surface area contributed by atoms with Crippen molar-refractivity contribution < 1.29 is 0 Å². The Morgan fingerprint density at radius 2 is 1.91 bits per heavy atom. The SMILES string of the molecule is NCc1cc(I)cc(CS)c1. The predicted octanol–water partition coefficient (Wildman–Crippen LogP) is 2.18. The molecule has 0 radical (unpaired) electrons. The van der Waals surface area contributed by atoms with Crippen molar-refractivity contribution in [3.63, 3.8) is 0 Å². The Hall–Kier alpha value is 0.260. The summed E-state index contributed by atoms with van der Waals surface area (Å²) in [5, 5.41) is 0. The third kappa shape index (κ3) is 2.65. The summed E-state index contributed by atoms with van der Waals surface area (Å²) >= 11 is 6.49. The Morgan fingerprint density at radius 1 is 1.27 bits per heavy atom. The molecule has 0 heterocycles. The van der Waals surface area contributed by atoms with Crippen LogP contribution >= 0.6 is 35.2 Å². The van der Waals surface area contributed by atoms with E-state index in [-0.39, 0.29) is 0 Å². The molecule has 0 atom stereocenters. The standard InChI is InChI=1S/C8H10INS/c9-8-2-6(4-10)1-7(3-8)5-11/h1-3,11H,4-5,10H2. The second-order valence-corrected chi connectivity index (χ2v) is 3.89. The molecule has 60 valence electrons. The van der Waals surface area contributed by atoms with Crippen molar-refractivity contribution in [1.82, 2.24) is 0 Å². The third-order valence-corrected chi connectivity index (χ3v) is 2.42. The second kappa shape index (κ2) is 4.33. The number of rotatable bonds is 2. The van der Waals surface area contributed by atoms with Crippen molar-refractivity contribution in [3.8, 4) is 0 Å². The molecule has 0 aliphatic carbocycles. The molecule has 11 heavy (non-hydrogen) atoms. The van der Waals surface area contributed by atoms with Gasteiger partial charge in [0.25, 0.3) is 0 Å². The molecule has 1 aromatic carbocycles. The largest absolute Gasteiger partial charge is 0.326 e. The summed E-state index contributed by atoms with van der Waals surface area (Å²) in [6.07, 6.45) is 0. The molecule has 0 saturated carbocycles. The number of thiol groups is 1. The van der Waals surface area contributed by atoms with Crippen LogP contribution in [0.4, 0.5) is 0 Å². The normalized spacial score (nSPS) is 10.1. The molecular formula is C8H10INS. The van der Waals surface area contributed by atoms with Gasteiger partial charge in [-0.25, -0.2) is 0 Å². The van der Waals surface area contributed by atoms with E-state index >= 15 is 0 Å². The van der Waals surface area contributed by atoms with Crippen molar-refractivity contribution in [1.29, 1.82) is 0 Å². The third-order valence-electron chi connectivity index (χ3n) is 1.44. The lowest BCUT2D eigenvalue weighted by molar-refractivity contribution is 1.06. The molecule has 2 N–H and O–H groups in total. The number of benzene rings is 1. The smallest absolute Gasteiger partial charge is 0.0178 e. The fourth-order valence-electron chi connectivity index (χ4n) is 0.926. The highest BCUT2D eigenvalue weighted by molar-refractivity contribution is 14.1. The Kier molecular flexibility index (Phi) is 3.68. The molecule has 0 amide bonds. The first-order valence-corrected chi connectivity index (χ1v) is 5.06. The van der Waals surface area contributed by atoms with Crippen molar-refractivity contribution in [3.05, 3.63) is 32.9 Å². The van der Waals surface area contributed by atoms with Gasteiger partial charge in [-0.15, -0.1) is 0 Å². The molecule has 0 aliphatic rings. The molecule has 1 nitrogen and oxygen atoms in total. The van der Waals surface area contributed by atoms with Crippen LogP contribution in [0.2, 0.25) is 0 Å². The molecule has 0 aliphatic heterocycles. The fraction of sp³-hybridized carbons (Fsp3) is 0.250. The van der Waals surface area contributed by atoms with E-state index in [0.29, 0.717) is 6.54 Å². The number of halogens is 1. The molecular weight excluding hydrogens is 269 g/mol. The summed E-state index contributed by atoms with van der Waals surface area (Å²) in [6.45, 7) is 0.609. The monoisotopic (exact) mass is 279 g/mol. The van der Waals surface area contributed by atoms with Gasteiger partial charge in [-0.05, 0) is 45.9 Å². The van der Waals surface area contributed by atoms with Gasteiger partial charge in [0.15, 0.2) is 0 Å². The summed E-state index contributed by atoms with van der Waals surface area (Å²) in [5.74, 6) is 0.782. The first-order valence-electron chi connectivity index (χ1n) is 3.35. The maximum Gasteiger partial charge on any atom is 0.0178 e. The summed E-state index contributed by atoms with van der Waals surface area (Å²) in [6, 6.07) is 6.30. The van der Waals surface area contributed by atoms with E-state index in [1.165, 1.54) is 14.7 Å². The van der Waals surface area contributed by atoms with E-state index in [2.05, 4.69) is 53.4 Å². The van der Waals surface area contributed by atoms with Gasteiger partial charge in [0.1, 0.15) is 0 Å². The topological polar surface area (TPSA) is 26.0 Å². The Bertz CT molecular complexity index is 228. The van der Waals surface area contributed by atoms with Gasteiger partial charge in [0.05, 0.1) is 0 Å². The van der Waals surface area contributed by atoms with Crippen LogP contribution in [0.1, 0.15) is 11.1 Å². The lowest BCUT2D eigenvalue weighted by Crippen LogP contribution is -1.97. The van der Waals surface area contributed by atoms with Gasteiger partial charge in [0, 0.05) is 15.9 Å². The van der Waals surface area contributed by atoms with Gasteiger partial charge >= 0.3 is 0 Å². The van der Waals surface area contributed by atoms with Crippen LogP contribution in [0.25, 0.3) is 0 Å². The van der Waals surface area contributed by atoms with Crippen molar-refractivity contribution in [2.45, 2.75) is 12.3 Å². The van der Waals surface area contributed by atoms with Gasteiger partial charge in [-0.1, -0.05) is 6.07 Å². The molecule has 1 rings (SSSR count). The number of nitrogens with two attached hydrogens (primary N) is 1. The lowest BCUT2D eigenvalue weighted by atomic mass is 10.1. The van der Waals surface area contributed by atoms with Crippen LogP contribution in [0, 0.1) is 3.57 Å². The van der Waals surface area contributed by atoms with Gasteiger partial charge in [0.2, 0.25) is 0 Å². The minimum Gasteiger partial charge on any atom is -0.326 e. The Morgan fingerprint density at radius 3 is 2.45 bits per heavy atom. The zero-order valence-corrected chi connectivity index (χ0v) is 9.10. The van der Waals surface area contributed by atoms with E-state index in [9.17, 15) is 0 Å². The van der Waals surface area contributed by atoms with Gasteiger partial charge in [-0.3, -0.25) is 0 Å². The molecule has 0 bridgehead atoms. The molecule has 0 fully saturated rings. The maximum atomic E-state index is 5.51. The lowest BCUT2D eigenvalue weighted by Gasteiger charge is -2.01. The van der Waals surface area contributed by atoms with E-state index in [1.807, 2.05) is 0 Å². The molecule has 0 aromatic heterocycles. The van der Waals surface area contributed by atoms with Crippen LogP contribution in [-0.2, 0) is 12.3 Å². The van der Waals surface area contributed by atoms with Crippen molar-refractivity contribution >= 4 is 35.2 Å². The number of hydrogen-bond donors (Lipinski definition) is 2. The molecule has 3 heteroatoms. The van der Waals surface area contributed by atoms with E-state index in [1.54, 1.807) is 0 Å². The summed E-state index contributed by atoms with van der Waals surface area (Å²) in [4.78, 5) is 0. The van der Waals surface area contributed by atoms with E-state index < -0.39 is 0 Å². The van der Waals surface area contributed by atoms with Crippen LogP contribution in [-0.4, -0.2) is 0 Å². The summed E-state index contributed by atoms with van der Waals surface area (Å²) in [7, 11) is 0. The average molecular weight is 279 g/mol. The maximum absolute atomic E-state index is 5.51. The van der Waals surface area contributed by atoms with Crippen LogP contribution < -0.4 is 5.73 Å². The van der Waals surface area contributed by atoms with Crippen LogP contribution in [0.3, 0.4) is 0 Å². The highest BCUT2D eigenvalue weighted by Gasteiger charge is 1.95. The first kappa shape index (κ1) is 9.35.